The number of carbonyl (C=O) groups is 1. The number of amides is 1. The first-order chi connectivity index (χ1) is 18.2. The summed E-state index contributed by atoms with van der Waals surface area (Å²) < 4.78 is 46.2. The third-order valence-corrected chi connectivity index (χ3v) is 6.04. The Balaban J connectivity index is 1.42. The highest BCUT2D eigenvalue weighted by molar-refractivity contribution is 6.07. The zero-order valence-electron chi connectivity index (χ0n) is 20.0. The number of hydrazine groups is 1. The molecule has 0 fully saturated rings. The number of nitrogens with one attached hydrogen (secondary N) is 1. The summed E-state index contributed by atoms with van der Waals surface area (Å²) in [7, 11) is 0. The van der Waals surface area contributed by atoms with Gasteiger partial charge in [0.1, 0.15) is 13.2 Å². The van der Waals surface area contributed by atoms with E-state index in [0.29, 0.717) is 34.9 Å². The second-order valence-corrected chi connectivity index (χ2v) is 8.53. The summed E-state index contributed by atoms with van der Waals surface area (Å²) in [4.78, 5) is 23.7. The molecule has 196 valence electrons. The number of fused-ring (bicyclic) bond motifs is 2. The average molecular weight is 525 g/mol. The molecule has 1 aliphatic rings. The van der Waals surface area contributed by atoms with E-state index in [4.69, 9.17) is 16.4 Å². The zero-order valence-corrected chi connectivity index (χ0v) is 20.0. The number of benzene rings is 2. The summed E-state index contributed by atoms with van der Waals surface area (Å²) in [6.07, 6.45) is -1.51. The van der Waals surface area contributed by atoms with E-state index in [1.807, 2.05) is 13.0 Å². The number of carbonyl (C=O) groups excluding carboxylic acids is 1. The molecule has 1 amide bonds. The molecule has 0 aliphatic carbocycles. The Kier molecular flexibility index (Phi) is 6.32. The molecule has 2 aromatic heterocycles. The van der Waals surface area contributed by atoms with Crippen LogP contribution in [-0.4, -0.2) is 44.6 Å². The Morgan fingerprint density at radius 2 is 2.05 bits per heavy atom. The molecule has 14 heteroatoms. The maximum Gasteiger partial charge on any atom is 0.416 e. The SMILES string of the molecule is Cc1cc(-c2ncc3cc(C(F)(F)F)ccc3n2)ccc1N1CCOc2cn(C/C(=N/N)NN)nc2C1=O. The van der Waals surface area contributed by atoms with Crippen molar-refractivity contribution in [1.29, 1.82) is 0 Å². The van der Waals surface area contributed by atoms with E-state index in [9.17, 15) is 18.0 Å². The largest absolute Gasteiger partial charge is 0.488 e. The number of anilines is 1. The predicted octanol–water partition coefficient (Wildman–Crippen LogP) is 2.60. The van der Waals surface area contributed by atoms with Gasteiger partial charge in [0.2, 0.25) is 0 Å². The molecular formula is C24H22F3N9O2. The number of ether oxygens (including phenoxy) is 1. The molecule has 5 N–H and O–H groups in total. The van der Waals surface area contributed by atoms with Crippen LogP contribution in [0.4, 0.5) is 18.9 Å². The highest BCUT2D eigenvalue weighted by Gasteiger charge is 2.31. The number of aryl methyl sites for hydroxylation is 1. The minimum atomic E-state index is -4.45. The fourth-order valence-electron chi connectivity index (χ4n) is 4.17. The molecule has 0 spiro atoms. The minimum absolute atomic E-state index is 0.119. The number of hydrogen-bond donors (Lipinski definition) is 3. The monoisotopic (exact) mass is 525 g/mol. The van der Waals surface area contributed by atoms with Crippen molar-refractivity contribution in [2.75, 3.05) is 18.1 Å². The third-order valence-electron chi connectivity index (χ3n) is 6.04. The van der Waals surface area contributed by atoms with Crippen LogP contribution in [-0.2, 0) is 12.7 Å². The molecule has 0 saturated carbocycles. The van der Waals surface area contributed by atoms with Crippen molar-refractivity contribution in [3.63, 3.8) is 0 Å². The summed E-state index contributed by atoms with van der Waals surface area (Å²) in [5.41, 5.74) is 4.18. The fourth-order valence-corrected chi connectivity index (χ4v) is 4.17. The second kappa shape index (κ2) is 9.63. The normalized spacial score (nSPS) is 14.3. The molecule has 0 unspecified atom stereocenters. The number of nitrogens with two attached hydrogens (primary N) is 2. The molecule has 0 radical (unpaired) electrons. The van der Waals surface area contributed by atoms with Gasteiger partial charge in [0.15, 0.2) is 23.1 Å². The lowest BCUT2D eigenvalue weighted by Gasteiger charge is -2.22. The number of hydrogen-bond acceptors (Lipinski definition) is 8. The summed E-state index contributed by atoms with van der Waals surface area (Å²) in [6, 6.07) is 8.67. The van der Waals surface area contributed by atoms with Gasteiger partial charge in [-0.3, -0.25) is 9.48 Å². The Bertz CT molecular complexity index is 1570. The van der Waals surface area contributed by atoms with Crippen molar-refractivity contribution in [2.45, 2.75) is 19.6 Å². The van der Waals surface area contributed by atoms with Crippen LogP contribution in [0.1, 0.15) is 21.6 Å². The standard InChI is InChI=1S/C24H22F3N9O2/c1-13-8-14(22-30-10-15-9-16(24(25,26)27)3-4-17(15)31-22)2-5-18(13)36-6-7-38-19-11-35(12-20(32-28)33-29)34-21(19)23(36)37/h2-5,8-11H,6-7,12,28-29H2,1H3,(H,32,33). The van der Waals surface area contributed by atoms with Crippen LogP contribution in [0.25, 0.3) is 22.3 Å². The summed E-state index contributed by atoms with van der Waals surface area (Å²) in [6.45, 7) is 2.49. The number of amidine groups is 1. The summed E-state index contributed by atoms with van der Waals surface area (Å²) in [5, 5.41) is 8.12. The van der Waals surface area contributed by atoms with E-state index in [0.717, 1.165) is 17.7 Å². The van der Waals surface area contributed by atoms with Crippen LogP contribution in [0.2, 0.25) is 0 Å². The molecule has 4 aromatic rings. The minimum Gasteiger partial charge on any atom is -0.488 e. The zero-order chi connectivity index (χ0) is 27.0. The molecule has 2 aromatic carbocycles. The summed E-state index contributed by atoms with van der Waals surface area (Å²) >= 11 is 0. The lowest BCUT2D eigenvalue weighted by Crippen LogP contribution is -2.35. The van der Waals surface area contributed by atoms with Crippen molar-refractivity contribution in [2.24, 2.45) is 16.8 Å². The predicted molar refractivity (Wildman–Crippen MR) is 133 cm³/mol. The molecule has 0 saturated heterocycles. The van der Waals surface area contributed by atoms with Gasteiger partial charge in [-0.1, -0.05) is 0 Å². The number of halogens is 3. The van der Waals surface area contributed by atoms with Gasteiger partial charge in [-0.25, -0.2) is 15.8 Å². The van der Waals surface area contributed by atoms with Gasteiger partial charge in [-0.15, -0.1) is 0 Å². The van der Waals surface area contributed by atoms with E-state index in [1.165, 1.54) is 16.9 Å². The van der Waals surface area contributed by atoms with E-state index in [2.05, 4.69) is 25.6 Å². The number of nitrogens with zero attached hydrogens (tertiary/aromatic N) is 6. The molecule has 11 nitrogen and oxygen atoms in total. The number of rotatable bonds is 4. The van der Waals surface area contributed by atoms with Crippen molar-refractivity contribution >= 4 is 28.3 Å². The molecular weight excluding hydrogens is 503 g/mol. The molecule has 1 aliphatic heterocycles. The van der Waals surface area contributed by atoms with Crippen LogP contribution in [0, 0.1) is 6.92 Å². The molecule has 5 rings (SSSR count). The first-order valence-electron chi connectivity index (χ1n) is 11.4. The first-order valence-corrected chi connectivity index (χ1v) is 11.4. The van der Waals surface area contributed by atoms with E-state index in [1.54, 1.807) is 23.2 Å². The Morgan fingerprint density at radius 1 is 1.24 bits per heavy atom. The highest BCUT2D eigenvalue weighted by Crippen LogP contribution is 2.33. The van der Waals surface area contributed by atoms with Crippen molar-refractivity contribution in [3.8, 4) is 17.1 Å². The number of hydrazone groups is 1. The van der Waals surface area contributed by atoms with Gasteiger partial charge in [0, 0.05) is 22.8 Å². The Hall–Kier alpha value is -4.72. The van der Waals surface area contributed by atoms with E-state index in [-0.39, 0.29) is 36.0 Å². The van der Waals surface area contributed by atoms with Gasteiger partial charge >= 0.3 is 6.18 Å². The first kappa shape index (κ1) is 25.0. The smallest absolute Gasteiger partial charge is 0.416 e. The van der Waals surface area contributed by atoms with Crippen molar-refractivity contribution in [3.05, 3.63) is 65.6 Å². The Morgan fingerprint density at radius 3 is 2.76 bits per heavy atom. The average Bonchev–Trinajstić information content (AvgIpc) is 3.24. The van der Waals surface area contributed by atoms with Crippen molar-refractivity contribution in [1.82, 2.24) is 25.2 Å². The number of aromatic nitrogens is 4. The number of alkyl halides is 3. The van der Waals surface area contributed by atoms with Crippen LogP contribution < -0.4 is 26.7 Å². The maximum atomic E-state index is 13.4. The lowest BCUT2D eigenvalue weighted by atomic mass is 10.1. The van der Waals surface area contributed by atoms with Gasteiger partial charge < -0.3 is 20.9 Å². The van der Waals surface area contributed by atoms with Gasteiger partial charge in [0.25, 0.3) is 5.91 Å². The molecule has 38 heavy (non-hydrogen) atoms. The fraction of sp³-hybridized carbons (Fsp3) is 0.208. The van der Waals surface area contributed by atoms with Crippen LogP contribution in [0.15, 0.2) is 53.9 Å². The molecule has 3 heterocycles. The van der Waals surface area contributed by atoms with Crippen LogP contribution in [0.5, 0.6) is 5.75 Å². The summed E-state index contributed by atoms with van der Waals surface area (Å²) in [5.74, 6) is 11.2. The van der Waals surface area contributed by atoms with Crippen molar-refractivity contribution < 1.29 is 22.7 Å². The Labute approximate surface area is 213 Å². The third kappa shape index (κ3) is 4.68. The van der Waals surface area contributed by atoms with Gasteiger partial charge in [-0.05, 0) is 48.9 Å². The second-order valence-electron chi connectivity index (χ2n) is 8.53. The topological polar surface area (TPSA) is 150 Å². The van der Waals surface area contributed by atoms with Crippen LogP contribution >= 0.6 is 0 Å². The molecule has 0 bridgehead atoms. The quantitative estimate of drug-likeness (QED) is 0.159. The lowest BCUT2D eigenvalue weighted by molar-refractivity contribution is -0.137. The van der Waals surface area contributed by atoms with Crippen LogP contribution in [0.3, 0.4) is 0 Å². The van der Waals surface area contributed by atoms with E-state index >= 15 is 0 Å². The van der Waals surface area contributed by atoms with E-state index < -0.39 is 11.7 Å². The van der Waals surface area contributed by atoms with Gasteiger partial charge in [-0.2, -0.15) is 23.4 Å². The highest BCUT2D eigenvalue weighted by atomic mass is 19.4. The molecule has 0 atom stereocenters. The van der Waals surface area contributed by atoms with Gasteiger partial charge in [0.05, 0.1) is 23.8 Å². The maximum absolute atomic E-state index is 13.4.